The van der Waals surface area contributed by atoms with Crippen LogP contribution in [0.5, 0.6) is 0 Å². The van der Waals surface area contributed by atoms with Crippen LogP contribution in [-0.4, -0.2) is 25.3 Å². The summed E-state index contributed by atoms with van der Waals surface area (Å²) in [6, 6.07) is 39.8. The van der Waals surface area contributed by atoms with E-state index in [0.29, 0.717) is 0 Å². The predicted molar refractivity (Wildman–Crippen MR) is 153 cm³/mol. The average molecular weight is 491 g/mol. The van der Waals surface area contributed by atoms with Gasteiger partial charge in [-0.25, -0.2) is 0 Å². The molecule has 0 radical (unpaired) electrons. The summed E-state index contributed by atoms with van der Waals surface area (Å²) >= 11 is 0. The molecule has 1 atom stereocenters. The van der Waals surface area contributed by atoms with Gasteiger partial charge in [-0.05, 0) is 40.2 Å². The second kappa shape index (κ2) is 9.53. The van der Waals surface area contributed by atoms with Crippen molar-refractivity contribution < 1.29 is 4.79 Å². The minimum Gasteiger partial charge on any atom is -0.302 e. The average Bonchev–Trinajstić information content (AvgIpc) is 3.19. The van der Waals surface area contributed by atoms with Crippen molar-refractivity contribution in [2.24, 2.45) is 0 Å². The zero-order chi connectivity index (χ0) is 25.3. The van der Waals surface area contributed by atoms with Gasteiger partial charge in [-0.1, -0.05) is 125 Å². The van der Waals surface area contributed by atoms with E-state index in [1.807, 2.05) is 41.3 Å². The lowest BCUT2D eigenvalue weighted by Gasteiger charge is -2.52. The zero-order valence-corrected chi connectivity index (χ0v) is 22.6. The molecule has 4 heteroatoms. The molecule has 0 bridgehead atoms. The molecular weight excluding hydrogens is 456 g/mol. The van der Waals surface area contributed by atoms with Gasteiger partial charge in [-0.2, -0.15) is 0 Å². The second-order valence-corrected chi connectivity index (χ2v) is 15.1. The maximum atomic E-state index is 14.5. The van der Waals surface area contributed by atoms with E-state index in [4.69, 9.17) is 0 Å². The Morgan fingerprint density at radius 1 is 0.722 bits per heavy atom. The van der Waals surface area contributed by atoms with E-state index in [-0.39, 0.29) is 17.0 Å². The van der Waals surface area contributed by atoms with Gasteiger partial charge in [0, 0.05) is 11.3 Å². The molecule has 0 N–H and O–H groups in total. The molecule has 0 fully saturated rings. The molecule has 1 heterocycles. The third-order valence-electron chi connectivity index (χ3n) is 7.49. The standard InChI is InChI=1S/C32H34N2OSi/c1-5-33(30-28-23-15-16-24-29(28)34(31(30)35)25-17-9-6-10-18-25)36(32(2,3)4,26-19-11-7-12-20-26)27-21-13-8-14-22-27/h6-24,30H,5H2,1-4H3. The highest BCUT2D eigenvalue weighted by Gasteiger charge is 2.57. The van der Waals surface area contributed by atoms with Gasteiger partial charge in [-0.15, -0.1) is 0 Å². The number of rotatable bonds is 6. The normalized spacial score (nSPS) is 15.9. The summed E-state index contributed by atoms with van der Waals surface area (Å²) < 4.78 is 2.57. The Hall–Kier alpha value is -3.47. The smallest absolute Gasteiger partial charge is 0.252 e. The van der Waals surface area contributed by atoms with Crippen molar-refractivity contribution in [2.45, 2.75) is 38.8 Å². The molecule has 1 amide bonds. The van der Waals surface area contributed by atoms with Crippen LogP contribution < -0.4 is 15.3 Å². The van der Waals surface area contributed by atoms with Crippen LogP contribution in [0.4, 0.5) is 11.4 Å². The fourth-order valence-electron chi connectivity index (χ4n) is 6.21. The summed E-state index contributed by atoms with van der Waals surface area (Å²) in [6.07, 6.45) is 0. The number of carbonyl (C=O) groups excluding carboxylic acids is 1. The number of nitrogens with zero attached hydrogens (tertiary/aromatic N) is 2. The number of hydrogen-bond donors (Lipinski definition) is 0. The lowest BCUT2D eigenvalue weighted by atomic mass is 10.1. The van der Waals surface area contributed by atoms with Gasteiger partial charge in [0.2, 0.25) is 0 Å². The first-order chi connectivity index (χ1) is 17.4. The molecule has 1 unspecified atom stereocenters. The van der Waals surface area contributed by atoms with E-state index in [1.165, 1.54) is 10.4 Å². The predicted octanol–water partition coefficient (Wildman–Crippen LogP) is 6.29. The molecule has 0 aliphatic carbocycles. The number of carbonyl (C=O) groups is 1. The molecule has 5 rings (SSSR count). The third-order valence-corrected chi connectivity index (χ3v) is 13.4. The van der Waals surface area contributed by atoms with Gasteiger partial charge >= 0.3 is 0 Å². The fourth-order valence-corrected chi connectivity index (χ4v) is 12.3. The van der Waals surface area contributed by atoms with Crippen LogP contribution in [0.3, 0.4) is 0 Å². The van der Waals surface area contributed by atoms with E-state index in [1.54, 1.807) is 0 Å². The maximum Gasteiger partial charge on any atom is 0.252 e. The SMILES string of the molecule is CCN(C1C(=O)N(c2ccccc2)c2ccccc21)[Si](c1ccccc1)(c1ccccc1)C(C)(C)C. The summed E-state index contributed by atoms with van der Waals surface area (Å²) in [4.78, 5) is 16.4. The van der Waals surface area contributed by atoms with Crippen molar-refractivity contribution in [1.82, 2.24) is 4.57 Å². The Morgan fingerprint density at radius 3 is 1.69 bits per heavy atom. The van der Waals surface area contributed by atoms with Crippen LogP contribution >= 0.6 is 0 Å². The Bertz CT molecular complexity index is 1290. The van der Waals surface area contributed by atoms with Crippen molar-refractivity contribution in [3.05, 3.63) is 121 Å². The largest absolute Gasteiger partial charge is 0.302 e. The molecule has 36 heavy (non-hydrogen) atoms. The monoisotopic (exact) mass is 490 g/mol. The van der Waals surface area contributed by atoms with E-state index in [0.717, 1.165) is 23.5 Å². The Balaban J connectivity index is 1.79. The second-order valence-electron chi connectivity index (χ2n) is 10.4. The number of anilines is 2. The van der Waals surface area contributed by atoms with Crippen LogP contribution in [-0.2, 0) is 4.79 Å². The Kier molecular flexibility index (Phi) is 6.41. The third kappa shape index (κ3) is 3.73. The van der Waals surface area contributed by atoms with Crippen LogP contribution in [0.15, 0.2) is 115 Å². The molecule has 0 aromatic heterocycles. The fraction of sp³-hybridized carbons (Fsp3) is 0.219. The van der Waals surface area contributed by atoms with Crippen LogP contribution in [0.1, 0.15) is 39.3 Å². The Labute approximate surface area is 216 Å². The van der Waals surface area contributed by atoms with Crippen molar-refractivity contribution in [3.8, 4) is 0 Å². The van der Waals surface area contributed by atoms with Crippen molar-refractivity contribution in [1.29, 1.82) is 0 Å². The highest BCUT2D eigenvalue weighted by molar-refractivity contribution is 7.02. The molecule has 4 aromatic carbocycles. The quantitative estimate of drug-likeness (QED) is 0.297. The Morgan fingerprint density at radius 2 is 1.19 bits per heavy atom. The zero-order valence-electron chi connectivity index (χ0n) is 21.6. The summed E-state index contributed by atoms with van der Waals surface area (Å²) in [5, 5.41) is 2.56. The van der Waals surface area contributed by atoms with Gasteiger partial charge in [0.15, 0.2) is 8.24 Å². The van der Waals surface area contributed by atoms with Crippen LogP contribution in [0, 0.1) is 0 Å². The molecule has 0 saturated carbocycles. The van der Waals surface area contributed by atoms with Gasteiger partial charge < -0.3 is 4.57 Å². The number of hydrogen-bond acceptors (Lipinski definition) is 2. The van der Waals surface area contributed by atoms with Gasteiger partial charge in [-0.3, -0.25) is 9.69 Å². The molecule has 0 spiro atoms. The van der Waals surface area contributed by atoms with Crippen molar-refractivity contribution >= 4 is 35.9 Å². The summed E-state index contributed by atoms with van der Waals surface area (Å²) in [7, 11) is -2.70. The van der Waals surface area contributed by atoms with E-state index in [2.05, 4.69) is 111 Å². The minimum atomic E-state index is -2.70. The van der Waals surface area contributed by atoms with E-state index in [9.17, 15) is 4.79 Å². The molecule has 1 aliphatic heterocycles. The molecule has 0 saturated heterocycles. The number of fused-ring (bicyclic) bond motifs is 1. The van der Waals surface area contributed by atoms with Crippen molar-refractivity contribution in [3.63, 3.8) is 0 Å². The summed E-state index contributed by atoms with van der Waals surface area (Å²) in [6.45, 7) is 10.0. The highest BCUT2D eigenvalue weighted by Crippen LogP contribution is 2.48. The number of likely N-dealkylation sites (N-methyl/N-ethyl adjacent to an activating group) is 1. The molecule has 4 aromatic rings. The topological polar surface area (TPSA) is 23.6 Å². The maximum absolute atomic E-state index is 14.5. The summed E-state index contributed by atoms with van der Waals surface area (Å²) in [5.41, 5.74) is 2.98. The minimum absolute atomic E-state index is 0.0961. The first-order valence-electron chi connectivity index (χ1n) is 12.8. The number of amides is 1. The first kappa shape index (κ1) is 24.2. The van der Waals surface area contributed by atoms with Gasteiger partial charge in [0.1, 0.15) is 6.04 Å². The molecule has 182 valence electrons. The van der Waals surface area contributed by atoms with Gasteiger partial charge in [0.25, 0.3) is 5.91 Å². The van der Waals surface area contributed by atoms with Crippen LogP contribution in [0.25, 0.3) is 0 Å². The van der Waals surface area contributed by atoms with Crippen LogP contribution in [0.2, 0.25) is 5.04 Å². The van der Waals surface area contributed by atoms with Crippen molar-refractivity contribution in [2.75, 3.05) is 11.4 Å². The lowest BCUT2D eigenvalue weighted by Crippen LogP contribution is -2.75. The van der Waals surface area contributed by atoms with E-state index >= 15 is 0 Å². The molecule has 1 aliphatic rings. The molecule has 3 nitrogen and oxygen atoms in total. The lowest BCUT2D eigenvalue weighted by molar-refractivity contribution is -0.121. The van der Waals surface area contributed by atoms with E-state index < -0.39 is 8.24 Å². The van der Waals surface area contributed by atoms with Gasteiger partial charge in [0.05, 0.1) is 5.69 Å². The molecular formula is C32H34N2OSi. The first-order valence-corrected chi connectivity index (χ1v) is 14.7. The summed E-state index contributed by atoms with van der Waals surface area (Å²) in [5.74, 6) is 0.122. The highest BCUT2D eigenvalue weighted by atomic mass is 28.3. The number of para-hydroxylation sites is 2. The number of benzene rings is 4.